The third-order valence-electron chi connectivity index (χ3n) is 3.44. The number of hydrogen-bond acceptors (Lipinski definition) is 2. The summed E-state index contributed by atoms with van der Waals surface area (Å²) in [4.78, 5) is 5.23. The van der Waals surface area contributed by atoms with Crippen molar-refractivity contribution in [1.82, 2.24) is 9.80 Å². The lowest BCUT2D eigenvalue weighted by atomic mass is 10.0. The summed E-state index contributed by atoms with van der Waals surface area (Å²) in [5.41, 5.74) is 0.368. The molecular formula is C11H22N2. The van der Waals surface area contributed by atoms with Crippen LogP contribution < -0.4 is 0 Å². The quantitative estimate of drug-likeness (QED) is 0.561. The molecule has 2 bridgehead atoms. The second-order valence-electron chi connectivity index (χ2n) is 5.68. The molecule has 2 saturated heterocycles. The Balaban J connectivity index is 2.15. The van der Waals surface area contributed by atoms with Gasteiger partial charge < -0.3 is 4.90 Å². The van der Waals surface area contributed by atoms with Crippen molar-refractivity contribution in [1.29, 1.82) is 0 Å². The van der Waals surface area contributed by atoms with Crippen LogP contribution in [-0.2, 0) is 0 Å². The Labute approximate surface area is 81.9 Å². The number of rotatable bonds is 0. The Morgan fingerprint density at radius 3 is 1.85 bits per heavy atom. The first-order valence-electron chi connectivity index (χ1n) is 5.45. The van der Waals surface area contributed by atoms with Crippen LogP contribution in [0.5, 0.6) is 0 Å². The molecule has 2 fully saturated rings. The maximum absolute atomic E-state index is 2.74. The standard InChI is InChI=1S/C11H22N2/c1-11(2,3)13-9-5-6-10(13)8-12(4)7-9/h9-10H,5-8H2,1-4H3. The van der Waals surface area contributed by atoms with Gasteiger partial charge in [0.15, 0.2) is 0 Å². The smallest absolute Gasteiger partial charge is 0.0232 e. The maximum Gasteiger partial charge on any atom is 0.0232 e. The van der Waals surface area contributed by atoms with Crippen molar-refractivity contribution in [3.8, 4) is 0 Å². The summed E-state index contributed by atoms with van der Waals surface area (Å²) < 4.78 is 0. The molecule has 0 aromatic rings. The Bertz CT molecular complexity index is 181. The summed E-state index contributed by atoms with van der Waals surface area (Å²) in [7, 11) is 2.26. The number of piperazine rings is 1. The number of hydrogen-bond donors (Lipinski definition) is 0. The maximum atomic E-state index is 2.74. The molecule has 0 aromatic heterocycles. The summed E-state index contributed by atoms with van der Waals surface area (Å²) in [5.74, 6) is 0. The zero-order valence-electron chi connectivity index (χ0n) is 9.38. The molecule has 2 heterocycles. The van der Waals surface area contributed by atoms with Crippen molar-refractivity contribution in [3.05, 3.63) is 0 Å². The van der Waals surface area contributed by atoms with Crippen molar-refractivity contribution in [2.24, 2.45) is 0 Å². The topological polar surface area (TPSA) is 6.48 Å². The molecule has 76 valence electrons. The van der Waals surface area contributed by atoms with Crippen LogP contribution in [0.3, 0.4) is 0 Å². The molecule has 2 rings (SSSR count). The second-order valence-corrected chi connectivity index (χ2v) is 5.68. The van der Waals surface area contributed by atoms with Crippen LogP contribution in [0.1, 0.15) is 33.6 Å². The number of nitrogens with zero attached hydrogens (tertiary/aromatic N) is 2. The lowest BCUT2D eigenvalue weighted by Crippen LogP contribution is -2.58. The molecule has 2 unspecified atom stereocenters. The van der Waals surface area contributed by atoms with Gasteiger partial charge in [-0.2, -0.15) is 0 Å². The van der Waals surface area contributed by atoms with Crippen LogP contribution in [0.4, 0.5) is 0 Å². The van der Waals surface area contributed by atoms with E-state index in [2.05, 4.69) is 37.6 Å². The molecular weight excluding hydrogens is 160 g/mol. The summed E-state index contributed by atoms with van der Waals surface area (Å²) in [6.07, 6.45) is 2.82. The summed E-state index contributed by atoms with van der Waals surface area (Å²) in [6.45, 7) is 9.60. The van der Waals surface area contributed by atoms with Gasteiger partial charge in [-0.25, -0.2) is 0 Å². The van der Waals surface area contributed by atoms with Crippen molar-refractivity contribution < 1.29 is 0 Å². The average molecular weight is 182 g/mol. The zero-order chi connectivity index (χ0) is 9.64. The number of likely N-dealkylation sites (tertiary alicyclic amines) is 1. The normalized spacial score (nSPS) is 36.9. The molecule has 2 atom stereocenters. The molecule has 0 amide bonds. The third kappa shape index (κ3) is 1.62. The SMILES string of the molecule is CN1CC2CCC(C1)N2C(C)(C)C. The van der Waals surface area contributed by atoms with Crippen LogP contribution in [0.15, 0.2) is 0 Å². The van der Waals surface area contributed by atoms with Crippen LogP contribution in [-0.4, -0.2) is 47.6 Å². The third-order valence-corrected chi connectivity index (χ3v) is 3.44. The van der Waals surface area contributed by atoms with Crippen molar-refractivity contribution in [2.75, 3.05) is 20.1 Å². The molecule has 2 aliphatic rings. The summed E-state index contributed by atoms with van der Waals surface area (Å²) in [6, 6.07) is 1.65. The molecule has 0 aliphatic carbocycles. The van der Waals surface area contributed by atoms with E-state index < -0.39 is 0 Å². The first kappa shape index (κ1) is 9.47. The first-order valence-corrected chi connectivity index (χ1v) is 5.45. The Hall–Kier alpha value is -0.0800. The highest BCUT2D eigenvalue weighted by Gasteiger charge is 2.43. The van der Waals surface area contributed by atoms with Crippen molar-refractivity contribution in [3.63, 3.8) is 0 Å². The lowest BCUT2D eigenvalue weighted by molar-refractivity contribution is 0.0114. The molecule has 2 aliphatic heterocycles. The van der Waals surface area contributed by atoms with Gasteiger partial charge in [0.05, 0.1) is 0 Å². The molecule has 13 heavy (non-hydrogen) atoms. The van der Waals surface area contributed by atoms with Crippen LogP contribution in [0.25, 0.3) is 0 Å². The monoisotopic (exact) mass is 182 g/mol. The van der Waals surface area contributed by atoms with Crippen molar-refractivity contribution in [2.45, 2.75) is 51.2 Å². The minimum absolute atomic E-state index is 0.368. The van der Waals surface area contributed by atoms with E-state index in [0.717, 1.165) is 12.1 Å². The highest BCUT2D eigenvalue weighted by molar-refractivity contribution is 4.99. The van der Waals surface area contributed by atoms with Gasteiger partial charge >= 0.3 is 0 Å². The summed E-state index contributed by atoms with van der Waals surface area (Å²) >= 11 is 0. The number of fused-ring (bicyclic) bond motifs is 2. The van der Waals surface area contributed by atoms with Gasteiger partial charge in [0.2, 0.25) is 0 Å². The predicted octanol–water partition coefficient (Wildman–Crippen LogP) is 1.56. The van der Waals surface area contributed by atoms with Crippen LogP contribution in [0, 0.1) is 0 Å². The van der Waals surface area contributed by atoms with Gasteiger partial charge in [-0.1, -0.05) is 0 Å². The summed E-state index contributed by atoms with van der Waals surface area (Å²) in [5, 5.41) is 0. The Morgan fingerprint density at radius 2 is 1.46 bits per heavy atom. The average Bonchev–Trinajstić information content (AvgIpc) is 2.23. The Kier molecular flexibility index (Phi) is 2.16. The largest absolute Gasteiger partial charge is 0.303 e. The van der Waals surface area contributed by atoms with Crippen molar-refractivity contribution >= 4 is 0 Å². The molecule has 2 heteroatoms. The van der Waals surface area contributed by atoms with Gasteiger partial charge in [0, 0.05) is 30.7 Å². The van der Waals surface area contributed by atoms with E-state index in [1.165, 1.54) is 25.9 Å². The van der Waals surface area contributed by atoms with E-state index in [-0.39, 0.29) is 0 Å². The number of likely N-dealkylation sites (N-methyl/N-ethyl adjacent to an activating group) is 1. The lowest BCUT2D eigenvalue weighted by Gasteiger charge is -2.47. The van der Waals surface area contributed by atoms with E-state index >= 15 is 0 Å². The molecule has 0 aromatic carbocycles. The Morgan fingerprint density at radius 1 is 1.00 bits per heavy atom. The van der Waals surface area contributed by atoms with Gasteiger partial charge in [-0.15, -0.1) is 0 Å². The highest BCUT2D eigenvalue weighted by atomic mass is 15.3. The van der Waals surface area contributed by atoms with Crippen LogP contribution >= 0.6 is 0 Å². The second kappa shape index (κ2) is 2.96. The highest BCUT2D eigenvalue weighted by Crippen LogP contribution is 2.35. The van der Waals surface area contributed by atoms with Gasteiger partial charge in [-0.05, 0) is 40.7 Å². The minimum Gasteiger partial charge on any atom is -0.303 e. The predicted molar refractivity (Wildman–Crippen MR) is 55.9 cm³/mol. The minimum atomic E-state index is 0.368. The van der Waals surface area contributed by atoms with Crippen LogP contribution in [0.2, 0.25) is 0 Å². The molecule has 2 nitrogen and oxygen atoms in total. The molecule has 0 spiro atoms. The van der Waals surface area contributed by atoms with Gasteiger partial charge in [0.1, 0.15) is 0 Å². The molecule has 0 saturated carbocycles. The zero-order valence-corrected chi connectivity index (χ0v) is 9.38. The van der Waals surface area contributed by atoms with Gasteiger partial charge in [0.25, 0.3) is 0 Å². The van der Waals surface area contributed by atoms with E-state index in [0.29, 0.717) is 5.54 Å². The molecule has 0 radical (unpaired) electrons. The van der Waals surface area contributed by atoms with E-state index in [1.807, 2.05) is 0 Å². The molecule has 0 N–H and O–H groups in total. The van der Waals surface area contributed by atoms with E-state index in [9.17, 15) is 0 Å². The van der Waals surface area contributed by atoms with Gasteiger partial charge in [-0.3, -0.25) is 4.90 Å². The fourth-order valence-electron chi connectivity index (χ4n) is 3.21. The fourth-order valence-corrected chi connectivity index (χ4v) is 3.21. The fraction of sp³-hybridized carbons (Fsp3) is 1.00. The van der Waals surface area contributed by atoms with E-state index in [4.69, 9.17) is 0 Å². The first-order chi connectivity index (χ1) is 5.98. The van der Waals surface area contributed by atoms with E-state index in [1.54, 1.807) is 0 Å².